The summed E-state index contributed by atoms with van der Waals surface area (Å²) in [5.74, 6) is -1.89. The average Bonchev–Trinajstić information content (AvgIpc) is 2.48. The van der Waals surface area contributed by atoms with Crippen molar-refractivity contribution in [1.82, 2.24) is 9.80 Å². The van der Waals surface area contributed by atoms with Crippen molar-refractivity contribution >= 4 is 5.91 Å². The number of aliphatic hydroxyl groups excluding tert-OH is 1. The molecule has 0 aromatic heterocycles. The minimum Gasteiger partial charge on any atom is -0.387 e. The van der Waals surface area contributed by atoms with Crippen molar-refractivity contribution in [3.05, 3.63) is 35.4 Å². The molecule has 0 unspecified atom stereocenters. The summed E-state index contributed by atoms with van der Waals surface area (Å²) in [6.07, 6.45) is 0.644. The van der Waals surface area contributed by atoms with E-state index in [1.54, 1.807) is 11.0 Å². The lowest BCUT2D eigenvalue weighted by molar-refractivity contribution is -0.135. The molecule has 0 bridgehead atoms. The minimum atomic E-state index is -0.829. The summed E-state index contributed by atoms with van der Waals surface area (Å²) < 4.78 is 25.9. The topological polar surface area (TPSA) is 43.8 Å². The molecule has 20 heavy (non-hydrogen) atoms. The second-order valence-corrected chi connectivity index (χ2v) is 4.88. The standard InChI is InChI=1S/C14H18F2N2O2/c15-12-2-1-11(9-13(12)16)3-4-17-5-7-18(8-6-17)14(20)10-19/h1-2,9,19H,3-8,10H2. The van der Waals surface area contributed by atoms with Gasteiger partial charge in [0.1, 0.15) is 6.61 Å². The Kier molecular flexibility index (Phi) is 5.03. The third kappa shape index (κ3) is 3.74. The van der Waals surface area contributed by atoms with Crippen molar-refractivity contribution < 1.29 is 18.7 Å². The monoisotopic (exact) mass is 284 g/mol. The molecule has 0 spiro atoms. The Bertz CT molecular complexity index is 474. The van der Waals surface area contributed by atoms with Crippen LogP contribution >= 0.6 is 0 Å². The van der Waals surface area contributed by atoms with Gasteiger partial charge in [0.2, 0.25) is 5.91 Å². The summed E-state index contributed by atoms with van der Waals surface area (Å²) in [5, 5.41) is 8.78. The van der Waals surface area contributed by atoms with Crippen molar-refractivity contribution in [3.63, 3.8) is 0 Å². The number of carbonyl (C=O) groups excluding carboxylic acids is 1. The number of rotatable bonds is 4. The fourth-order valence-electron chi connectivity index (χ4n) is 2.30. The number of hydrogen-bond acceptors (Lipinski definition) is 3. The van der Waals surface area contributed by atoms with Crippen molar-refractivity contribution in [1.29, 1.82) is 0 Å². The maximum atomic E-state index is 13.1. The van der Waals surface area contributed by atoms with Gasteiger partial charge in [0, 0.05) is 32.7 Å². The number of piperazine rings is 1. The quantitative estimate of drug-likeness (QED) is 0.882. The largest absolute Gasteiger partial charge is 0.387 e. The van der Waals surface area contributed by atoms with Gasteiger partial charge in [-0.1, -0.05) is 6.07 Å². The summed E-state index contributed by atoms with van der Waals surface area (Å²) in [4.78, 5) is 15.1. The zero-order valence-corrected chi connectivity index (χ0v) is 11.2. The molecule has 0 radical (unpaired) electrons. The molecule has 1 fully saturated rings. The molecular formula is C14H18F2N2O2. The number of carbonyl (C=O) groups is 1. The fourth-order valence-corrected chi connectivity index (χ4v) is 2.30. The number of halogens is 2. The fraction of sp³-hybridized carbons (Fsp3) is 0.500. The van der Waals surface area contributed by atoms with Crippen molar-refractivity contribution in [2.24, 2.45) is 0 Å². The first kappa shape index (κ1) is 14.9. The van der Waals surface area contributed by atoms with Crippen LogP contribution < -0.4 is 0 Å². The Morgan fingerprint density at radius 2 is 1.85 bits per heavy atom. The van der Waals surface area contributed by atoms with E-state index in [1.807, 2.05) is 0 Å². The van der Waals surface area contributed by atoms with Gasteiger partial charge in [-0.15, -0.1) is 0 Å². The van der Waals surface area contributed by atoms with Gasteiger partial charge in [0.15, 0.2) is 11.6 Å². The van der Waals surface area contributed by atoms with Crippen molar-refractivity contribution in [2.75, 3.05) is 39.3 Å². The predicted octanol–water partition coefficient (Wildman–Crippen LogP) is 0.644. The van der Waals surface area contributed by atoms with Crippen LogP contribution in [0.2, 0.25) is 0 Å². The summed E-state index contributed by atoms with van der Waals surface area (Å²) in [6, 6.07) is 3.95. The molecule has 1 heterocycles. The number of amides is 1. The Balaban J connectivity index is 1.78. The first-order chi connectivity index (χ1) is 9.60. The molecule has 2 rings (SSSR count). The Hall–Kier alpha value is -1.53. The van der Waals surface area contributed by atoms with Crippen LogP contribution in [-0.4, -0.2) is 60.1 Å². The second kappa shape index (κ2) is 6.76. The van der Waals surface area contributed by atoms with Crippen LogP contribution in [0.5, 0.6) is 0 Å². The Morgan fingerprint density at radius 3 is 2.45 bits per heavy atom. The molecule has 6 heteroatoms. The molecule has 1 saturated heterocycles. The van der Waals surface area contributed by atoms with E-state index in [-0.39, 0.29) is 5.91 Å². The van der Waals surface area contributed by atoms with Crippen LogP contribution in [0.4, 0.5) is 8.78 Å². The molecule has 110 valence electrons. The number of aliphatic hydroxyl groups is 1. The normalized spacial score (nSPS) is 16.4. The summed E-state index contributed by atoms with van der Waals surface area (Å²) in [7, 11) is 0. The third-order valence-electron chi connectivity index (χ3n) is 3.56. The van der Waals surface area contributed by atoms with Gasteiger partial charge < -0.3 is 10.0 Å². The van der Waals surface area contributed by atoms with E-state index >= 15 is 0 Å². The van der Waals surface area contributed by atoms with E-state index < -0.39 is 18.2 Å². The van der Waals surface area contributed by atoms with Crippen LogP contribution in [0.1, 0.15) is 5.56 Å². The van der Waals surface area contributed by atoms with E-state index in [0.29, 0.717) is 19.5 Å². The molecule has 1 aliphatic rings. The molecule has 1 amide bonds. The van der Waals surface area contributed by atoms with E-state index in [1.165, 1.54) is 6.07 Å². The number of benzene rings is 1. The molecule has 0 aliphatic carbocycles. The molecule has 1 aromatic rings. The number of nitrogens with zero attached hydrogens (tertiary/aromatic N) is 2. The van der Waals surface area contributed by atoms with Crippen LogP contribution in [0, 0.1) is 11.6 Å². The van der Waals surface area contributed by atoms with Crippen LogP contribution in [0.3, 0.4) is 0 Å². The zero-order chi connectivity index (χ0) is 14.5. The van der Waals surface area contributed by atoms with Gasteiger partial charge in [-0.25, -0.2) is 8.78 Å². The molecule has 1 aromatic carbocycles. The number of hydrogen-bond donors (Lipinski definition) is 1. The minimum absolute atomic E-state index is 0.245. The Morgan fingerprint density at radius 1 is 1.15 bits per heavy atom. The van der Waals surface area contributed by atoms with E-state index in [2.05, 4.69) is 4.90 Å². The molecule has 0 atom stereocenters. The molecule has 4 nitrogen and oxygen atoms in total. The van der Waals surface area contributed by atoms with Gasteiger partial charge >= 0.3 is 0 Å². The Labute approximate surface area is 116 Å². The SMILES string of the molecule is O=C(CO)N1CCN(CCc2ccc(F)c(F)c2)CC1. The lowest BCUT2D eigenvalue weighted by Crippen LogP contribution is -2.49. The summed E-state index contributed by atoms with van der Waals surface area (Å²) in [6.45, 7) is 2.94. The second-order valence-electron chi connectivity index (χ2n) is 4.88. The lowest BCUT2D eigenvalue weighted by atomic mass is 10.1. The smallest absolute Gasteiger partial charge is 0.248 e. The molecular weight excluding hydrogens is 266 g/mol. The summed E-state index contributed by atoms with van der Waals surface area (Å²) >= 11 is 0. The maximum Gasteiger partial charge on any atom is 0.248 e. The van der Waals surface area contributed by atoms with Crippen molar-refractivity contribution in [3.8, 4) is 0 Å². The maximum absolute atomic E-state index is 13.1. The van der Waals surface area contributed by atoms with Crippen LogP contribution in [0.15, 0.2) is 18.2 Å². The van der Waals surface area contributed by atoms with Gasteiger partial charge in [0.05, 0.1) is 0 Å². The first-order valence-corrected chi connectivity index (χ1v) is 6.65. The average molecular weight is 284 g/mol. The van der Waals surface area contributed by atoms with Crippen LogP contribution in [0.25, 0.3) is 0 Å². The lowest BCUT2D eigenvalue weighted by Gasteiger charge is -2.34. The highest BCUT2D eigenvalue weighted by Crippen LogP contribution is 2.10. The van der Waals surface area contributed by atoms with E-state index in [9.17, 15) is 13.6 Å². The highest BCUT2D eigenvalue weighted by molar-refractivity contribution is 5.77. The van der Waals surface area contributed by atoms with Gasteiger partial charge in [0.25, 0.3) is 0 Å². The predicted molar refractivity (Wildman–Crippen MR) is 70.2 cm³/mol. The highest BCUT2D eigenvalue weighted by atomic mass is 19.2. The molecule has 1 N–H and O–H groups in total. The highest BCUT2D eigenvalue weighted by Gasteiger charge is 2.20. The summed E-state index contributed by atoms with van der Waals surface area (Å²) in [5.41, 5.74) is 0.762. The van der Waals surface area contributed by atoms with Gasteiger partial charge in [-0.3, -0.25) is 9.69 Å². The van der Waals surface area contributed by atoms with Crippen molar-refractivity contribution in [2.45, 2.75) is 6.42 Å². The van der Waals surface area contributed by atoms with Crippen LogP contribution in [-0.2, 0) is 11.2 Å². The van der Waals surface area contributed by atoms with Gasteiger partial charge in [-0.05, 0) is 24.1 Å². The van der Waals surface area contributed by atoms with E-state index in [0.717, 1.165) is 31.3 Å². The first-order valence-electron chi connectivity index (χ1n) is 6.65. The molecule has 1 aliphatic heterocycles. The molecule has 0 saturated carbocycles. The third-order valence-corrected chi connectivity index (χ3v) is 3.56. The zero-order valence-electron chi connectivity index (χ0n) is 11.2. The van der Waals surface area contributed by atoms with Gasteiger partial charge in [-0.2, -0.15) is 0 Å². The van der Waals surface area contributed by atoms with E-state index in [4.69, 9.17) is 5.11 Å².